The number of halogens is 3. The van der Waals surface area contributed by atoms with Crippen molar-refractivity contribution in [2.24, 2.45) is 0 Å². The molecule has 0 fully saturated rings. The zero-order chi connectivity index (χ0) is 22.1. The van der Waals surface area contributed by atoms with Crippen molar-refractivity contribution >= 4 is 29.0 Å². The Morgan fingerprint density at radius 2 is 1.63 bits per heavy atom. The summed E-state index contributed by atoms with van der Waals surface area (Å²) in [6.07, 6.45) is -4.21. The van der Waals surface area contributed by atoms with Crippen LogP contribution in [0.15, 0.2) is 60.7 Å². The van der Waals surface area contributed by atoms with Crippen molar-refractivity contribution in [3.63, 3.8) is 0 Å². The summed E-state index contributed by atoms with van der Waals surface area (Å²) in [6.45, 7) is -0.251. The number of rotatable bonds is 7. The first-order valence-corrected chi connectivity index (χ1v) is 8.77. The third-order valence-corrected chi connectivity index (χ3v) is 3.91. The zero-order valence-electron chi connectivity index (χ0n) is 16.0. The third-order valence-electron chi connectivity index (χ3n) is 3.91. The fraction of sp³-hybridized carbons (Fsp3) is 0.190. The monoisotopic (exact) mass is 420 g/mol. The molecule has 0 unspecified atom stereocenters. The SMILES string of the molecule is COC(=O)CNC(=O)Cc1ccc(NC(=O)/C=C(/c2ccccc2)C(F)(F)F)cc1. The summed E-state index contributed by atoms with van der Waals surface area (Å²) in [6, 6.07) is 13.0. The Kier molecular flexibility index (Phi) is 7.74. The van der Waals surface area contributed by atoms with E-state index in [0.29, 0.717) is 11.6 Å². The van der Waals surface area contributed by atoms with Gasteiger partial charge in [0.25, 0.3) is 0 Å². The second kappa shape index (κ2) is 10.2. The van der Waals surface area contributed by atoms with Crippen LogP contribution in [0.25, 0.3) is 5.57 Å². The molecule has 0 aliphatic rings. The van der Waals surface area contributed by atoms with Gasteiger partial charge < -0.3 is 15.4 Å². The second-order valence-electron chi connectivity index (χ2n) is 6.14. The molecule has 0 aliphatic heterocycles. The van der Waals surface area contributed by atoms with Gasteiger partial charge in [-0.05, 0) is 23.3 Å². The summed E-state index contributed by atoms with van der Waals surface area (Å²) in [5.74, 6) is -1.92. The van der Waals surface area contributed by atoms with Gasteiger partial charge in [0.05, 0.1) is 19.1 Å². The molecule has 0 radical (unpaired) electrons. The average molecular weight is 420 g/mol. The van der Waals surface area contributed by atoms with Gasteiger partial charge in [-0.3, -0.25) is 14.4 Å². The number of hydrogen-bond donors (Lipinski definition) is 2. The highest BCUT2D eigenvalue weighted by Gasteiger charge is 2.35. The molecule has 2 rings (SSSR count). The molecule has 0 aliphatic carbocycles. The Morgan fingerprint density at radius 1 is 1.00 bits per heavy atom. The number of carbonyl (C=O) groups is 3. The lowest BCUT2D eigenvalue weighted by molar-refractivity contribution is -0.141. The molecular weight excluding hydrogens is 401 g/mol. The van der Waals surface area contributed by atoms with E-state index in [2.05, 4.69) is 15.4 Å². The van der Waals surface area contributed by atoms with Crippen LogP contribution in [-0.2, 0) is 25.5 Å². The summed E-state index contributed by atoms with van der Waals surface area (Å²) in [5.41, 5.74) is -0.316. The molecule has 0 heterocycles. The van der Waals surface area contributed by atoms with Crippen LogP contribution in [0, 0.1) is 0 Å². The molecule has 0 saturated carbocycles. The van der Waals surface area contributed by atoms with E-state index in [1.165, 1.54) is 43.5 Å². The van der Waals surface area contributed by atoms with E-state index in [4.69, 9.17) is 0 Å². The molecule has 0 saturated heterocycles. The number of esters is 1. The first-order chi connectivity index (χ1) is 14.2. The van der Waals surface area contributed by atoms with Crippen LogP contribution in [0.3, 0.4) is 0 Å². The topological polar surface area (TPSA) is 84.5 Å². The molecule has 30 heavy (non-hydrogen) atoms. The molecule has 0 bridgehead atoms. The summed E-state index contributed by atoms with van der Waals surface area (Å²) >= 11 is 0. The first-order valence-electron chi connectivity index (χ1n) is 8.77. The third kappa shape index (κ3) is 7.08. The number of ether oxygens (including phenoxy) is 1. The van der Waals surface area contributed by atoms with Crippen molar-refractivity contribution in [3.05, 3.63) is 71.8 Å². The Bertz CT molecular complexity index is 924. The molecule has 158 valence electrons. The molecular formula is C21H19F3N2O4. The van der Waals surface area contributed by atoms with Gasteiger partial charge in [-0.1, -0.05) is 42.5 Å². The van der Waals surface area contributed by atoms with Crippen LogP contribution < -0.4 is 10.6 Å². The normalized spacial score (nSPS) is 11.5. The minimum absolute atomic E-state index is 0.0165. The number of hydrogen-bond acceptors (Lipinski definition) is 4. The molecule has 0 atom stereocenters. The van der Waals surface area contributed by atoms with Gasteiger partial charge in [-0.15, -0.1) is 0 Å². The van der Waals surface area contributed by atoms with Crippen LogP contribution in [0.1, 0.15) is 11.1 Å². The Hall–Kier alpha value is -3.62. The van der Waals surface area contributed by atoms with Crippen LogP contribution in [-0.4, -0.2) is 37.6 Å². The van der Waals surface area contributed by atoms with Crippen molar-refractivity contribution < 1.29 is 32.3 Å². The molecule has 0 aromatic heterocycles. The molecule has 2 N–H and O–H groups in total. The molecule has 2 aromatic carbocycles. The fourth-order valence-corrected chi connectivity index (χ4v) is 2.45. The van der Waals surface area contributed by atoms with Gasteiger partial charge in [0.1, 0.15) is 6.54 Å². The van der Waals surface area contributed by atoms with Crippen LogP contribution in [0.2, 0.25) is 0 Å². The maximum Gasteiger partial charge on any atom is 0.417 e. The fourth-order valence-electron chi connectivity index (χ4n) is 2.45. The maximum absolute atomic E-state index is 13.3. The quantitative estimate of drug-likeness (QED) is 0.533. The lowest BCUT2D eigenvalue weighted by Crippen LogP contribution is -2.31. The van der Waals surface area contributed by atoms with Gasteiger partial charge >= 0.3 is 12.1 Å². The Morgan fingerprint density at radius 3 is 2.20 bits per heavy atom. The maximum atomic E-state index is 13.3. The van der Waals surface area contributed by atoms with E-state index in [0.717, 1.165) is 0 Å². The number of anilines is 1. The van der Waals surface area contributed by atoms with E-state index in [-0.39, 0.29) is 24.2 Å². The smallest absolute Gasteiger partial charge is 0.417 e. The van der Waals surface area contributed by atoms with Crippen molar-refractivity contribution in [3.8, 4) is 0 Å². The highest BCUT2D eigenvalue weighted by atomic mass is 19.4. The molecule has 6 nitrogen and oxygen atoms in total. The van der Waals surface area contributed by atoms with Gasteiger partial charge in [0.15, 0.2) is 0 Å². The molecule has 2 amide bonds. The number of allylic oxidation sites excluding steroid dienone is 1. The number of nitrogens with one attached hydrogen (secondary N) is 2. The van der Waals surface area contributed by atoms with Gasteiger partial charge in [-0.25, -0.2) is 0 Å². The minimum atomic E-state index is -4.69. The Balaban J connectivity index is 2.02. The zero-order valence-corrected chi connectivity index (χ0v) is 16.0. The number of carbonyl (C=O) groups excluding carboxylic acids is 3. The van der Waals surface area contributed by atoms with Gasteiger partial charge in [-0.2, -0.15) is 13.2 Å². The van der Waals surface area contributed by atoms with Gasteiger partial charge in [0, 0.05) is 11.8 Å². The van der Waals surface area contributed by atoms with E-state index in [1.54, 1.807) is 18.2 Å². The average Bonchev–Trinajstić information content (AvgIpc) is 2.71. The lowest BCUT2D eigenvalue weighted by atomic mass is 10.1. The van der Waals surface area contributed by atoms with E-state index >= 15 is 0 Å². The molecule has 0 spiro atoms. The highest BCUT2D eigenvalue weighted by Crippen LogP contribution is 2.33. The van der Waals surface area contributed by atoms with Crippen molar-refractivity contribution in [1.29, 1.82) is 0 Å². The van der Waals surface area contributed by atoms with Crippen molar-refractivity contribution in [1.82, 2.24) is 5.32 Å². The van der Waals surface area contributed by atoms with Crippen molar-refractivity contribution in [2.45, 2.75) is 12.6 Å². The lowest BCUT2D eigenvalue weighted by Gasteiger charge is -2.12. The second-order valence-corrected chi connectivity index (χ2v) is 6.14. The predicted molar refractivity (Wildman–Crippen MR) is 104 cm³/mol. The standard InChI is InChI=1S/C21H19F3N2O4/c1-30-20(29)13-25-18(27)11-14-7-9-16(10-8-14)26-19(28)12-17(21(22,23)24)15-5-3-2-4-6-15/h2-10,12H,11,13H2,1H3,(H,25,27)(H,26,28)/b17-12-. The van der Waals surface area contributed by atoms with Gasteiger partial charge in [0.2, 0.25) is 11.8 Å². The van der Waals surface area contributed by atoms with Crippen molar-refractivity contribution in [2.75, 3.05) is 19.0 Å². The summed E-state index contributed by atoms with van der Waals surface area (Å²) < 4.78 is 44.3. The number of benzene rings is 2. The molecule has 9 heteroatoms. The number of alkyl halides is 3. The first kappa shape index (κ1) is 22.7. The largest absolute Gasteiger partial charge is 0.468 e. The van der Waals surface area contributed by atoms with E-state index < -0.39 is 29.5 Å². The number of amides is 2. The Labute approximate surface area is 170 Å². The van der Waals surface area contributed by atoms with Crippen LogP contribution in [0.5, 0.6) is 0 Å². The van der Waals surface area contributed by atoms with E-state index in [9.17, 15) is 27.6 Å². The number of methoxy groups -OCH3 is 1. The van der Waals surface area contributed by atoms with E-state index in [1.807, 2.05) is 0 Å². The summed E-state index contributed by atoms with van der Waals surface area (Å²) in [5, 5.41) is 4.75. The highest BCUT2D eigenvalue weighted by molar-refractivity contribution is 6.04. The summed E-state index contributed by atoms with van der Waals surface area (Å²) in [7, 11) is 1.20. The molecule has 2 aromatic rings. The minimum Gasteiger partial charge on any atom is -0.468 e. The predicted octanol–water partition coefficient (Wildman–Crippen LogP) is 3.10. The van der Waals surface area contributed by atoms with Crippen LogP contribution >= 0.6 is 0 Å². The summed E-state index contributed by atoms with van der Waals surface area (Å²) in [4.78, 5) is 34.8. The van der Waals surface area contributed by atoms with Crippen LogP contribution in [0.4, 0.5) is 18.9 Å².